The highest BCUT2D eigenvalue weighted by Gasteiger charge is 2.13. The minimum Gasteiger partial charge on any atom is -0.379 e. The summed E-state index contributed by atoms with van der Waals surface area (Å²) in [6.07, 6.45) is 2.31. The second kappa shape index (κ2) is 9.92. The zero-order chi connectivity index (χ0) is 20.8. The van der Waals surface area contributed by atoms with Gasteiger partial charge in [0.05, 0.1) is 13.2 Å². The van der Waals surface area contributed by atoms with Gasteiger partial charge in [0.25, 0.3) is 0 Å². The van der Waals surface area contributed by atoms with Gasteiger partial charge < -0.3 is 9.64 Å². The maximum Gasteiger partial charge on any atom is 0.0594 e. The number of benzene rings is 3. The number of aryl methyl sites for hydroxylation is 3. The van der Waals surface area contributed by atoms with Crippen LogP contribution in [0.5, 0.6) is 0 Å². The van der Waals surface area contributed by atoms with Crippen LogP contribution >= 0.6 is 0 Å². The van der Waals surface area contributed by atoms with Gasteiger partial charge in [0.1, 0.15) is 0 Å². The van der Waals surface area contributed by atoms with Gasteiger partial charge in [-0.3, -0.25) is 4.90 Å². The number of morpholine rings is 1. The average Bonchev–Trinajstić information content (AvgIpc) is 2.78. The van der Waals surface area contributed by atoms with Gasteiger partial charge in [-0.05, 0) is 75.2 Å². The number of anilines is 3. The Morgan fingerprint density at radius 1 is 0.700 bits per heavy atom. The molecule has 1 saturated heterocycles. The predicted molar refractivity (Wildman–Crippen MR) is 126 cm³/mol. The average molecular weight is 401 g/mol. The van der Waals surface area contributed by atoms with Gasteiger partial charge >= 0.3 is 0 Å². The highest BCUT2D eigenvalue weighted by atomic mass is 16.5. The maximum atomic E-state index is 5.44. The number of rotatable bonds is 7. The molecule has 3 heteroatoms. The highest BCUT2D eigenvalue weighted by Crippen LogP contribution is 2.34. The lowest BCUT2D eigenvalue weighted by molar-refractivity contribution is 0.0375. The molecule has 0 saturated carbocycles. The fourth-order valence-electron chi connectivity index (χ4n) is 3.98. The first-order valence-electron chi connectivity index (χ1n) is 11.0. The Labute approximate surface area is 180 Å². The summed E-state index contributed by atoms with van der Waals surface area (Å²) in [6.45, 7) is 9.31. The molecule has 0 spiro atoms. The fourth-order valence-corrected chi connectivity index (χ4v) is 3.98. The second-order valence-electron chi connectivity index (χ2n) is 8.23. The SMILES string of the molecule is Cc1ccc(N(c2ccc(C)cc2)c2ccc(CCCN3CCOCC3)cc2)cc1. The van der Waals surface area contributed by atoms with Crippen LogP contribution in [0.2, 0.25) is 0 Å². The molecule has 3 nitrogen and oxygen atoms in total. The van der Waals surface area contributed by atoms with Crippen LogP contribution in [0.1, 0.15) is 23.1 Å². The topological polar surface area (TPSA) is 15.7 Å². The number of ether oxygens (including phenoxy) is 1. The smallest absolute Gasteiger partial charge is 0.0594 e. The number of nitrogens with zero attached hydrogens (tertiary/aromatic N) is 2. The zero-order valence-corrected chi connectivity index (χ0v) is 18.2. The molecule has 0 aromatic heterocycles. The van der Waals surface area contributed by atoms with Crippen molar-refractivity contribution in [1.29, 1.82) is 0 Å². The van der Waals surface area contributed by atoms with Gasteiger partial charge in [0, 0.05) is 30.2 Å². The quantitative estimate of drug-likeness (QED) is 0.481. The molecule has 0 unspecified atom stereocenters. The molecule has 0 atom stereocenters. The zero-order valence-electron chi connectivity index (χ0n) is 18.2. The van der Waals surface area contributed by atoms with Gasteiger partial charge in [-0.1, -0.05) is 47.5 Å². The van der Waals surface area contributed by atoms with Crippen molar-refractivity contribution in [3.8, 4) is 0 Å². The van der Waals surface area contributed by atoms with Gasteiger partial charge in [-0.25, -0.2) is 0 Å². The molecule has 0 amide bonds. The molecule has 3 aromatic rings. The minimum atomic E-state index is 0.878. The van der Waals surface area contributed by atoms with Gasteiger partial charge in [-0.2, -0.15) is 0 Å². The summed E-state index contributed by atoms with van der Waals surface area (Å²) in [5, 5.41) is 0. The molecule has 1 heterocycles. The summed E-state index contributed by atoms with van der Waals surface area (Å²) in [5.74, 6) is 0. The molecular weight excluding hydrogens is 368 g/mol. The van der Waals surface area contributed by atoms with Gasteiger partial charge in [0.2, 0.25) is 0 Å². The van der Waals surface area contributed by atoms with Crippen molar-refractivity contribution in [3.05, 3.63) is 89.5 Å². The third kappa shape index (κ3) is 5.29. The molecule has 0 radical (unpaired) electrons. The first-order chi connectivity index (χ1) is 14.7. The molecule has 1 aliphatic rings. The van der Waals surface area contributed by atoms with Crippen LogP contribution in [0.15, 0.2) is 72.8 Å². The lowest BCUT2D eigenvalue weighted by Crippen LogP contribution is -2.36. The Balaban J connectivity index is 1.49. The molecule has 3 aromatic carbocycles. The van der Waals surface area contributed by atoms with Crippen LogP contribution in [-0.2, 0) is 11.2 Å². The van der Waals surface area contributed by atoms with Crippen molar-refractivity contribution in [2.75, 3.05) is 37.7 Å². The summed E-state index contributed by atoms with van der Waals surface area (Å²) < 4.78 is 5.44. The highest BCUT2D eigenvalue weighted by molar-refractivity contribution is 5.76. The van der Waals surface area contributed by atoms with Crippen LogP contribution < -0.4 is 4.90 Å². The van der Waals surface area contributed by atoms with E-state index in [1.54, 1.807) is 0 Å². The molecule has 156 valence electrons. The summed E-state index contributed by atoms with van der Waals surface area (Å²) in [5.41, 5.74) is 7.52. The van der Waals surface area contributed by atoms with E-state index in [0.717, 1.165) is 39.3 Å². The first-order valence-corrected chi connectivity index (χ1v) is 11.0. The van der Waals surface area contributed by atoms with Crippen molar-refractivity contribution < 1.29 is 4.74 Å². The summed E-state index contributed by atoms with van der Waals surface area (Å²) in [7, 11) is 0. The Hall–Kier alpha value is -2.62. The van der Waals surface area contributed by atoms with Crippen LogP contribution in [0.4, 0.5) is 17.1 Å². The molecule has 1 aliphatic heterocycles. The van der Waals surface area contributed by atoms with Crippen molar-refractivity contribution in [2.24, 2.45) is 0 Å². The minimum absolute atomic E-state index is 0.878. The maximum absolute atomic E-state index is 5.44. The normalized spacial score (nSPS) is 14.6. The van der Waals surface area contributed by atoms with Crippen LogP contribution in [-0.4, -0.2) is 37.7 Å². The van der Waals surface area contributed by atoms with E-state index in [1.165, 1.54) is 40.2 Å². The fraction of sp³-hybridized carbons (Fsp3) is 0.333. The van der Waals surface area contributed by atoms with E-state index in [4.69, 9.17) is 4.74 Å². The lowest BCUT2D eigenvalue weighted by atomic mass is 10.1. The molecular formula is C27H32N2O. The molecule has 4 rings (SSSR count). The largest absolute Gasteiger partial charge is 0.379 e. The van der Waals surface area contributed by atoms with Crippen molar-refractivity contribution in [2.45, 2.75) is 26.7 Å². The number of hydrogen-bond acceptors (Lipinski definition) is 3. The van der Waals surface area contributed by atoms with E-state index in [2.05, 4.69) is 96.4 Å². The van der Waals surface area contributed by atoms with Crippen LogP contribution in [0.3, 0.4) is 0 Å². The lowest BCUT2D eigenvalue weighted by Gasteiger charge is -2.27. The van der Waals surface area contributed by atoms with Crippen LogP contribution in [0, 0.1) is 13.8 Å². The second-order valence-corrected chi connectivity index (χ2v) is 8.23. The van der Waals surface area contributed by atoms with Gasteiger partial charge in [0.15, 0.2) is 0 Å². The molecule has 0 N–H and O–H groups in total. The third-order valence-corrected chi connectivity index (χ3v) is 5.82. The molecule has 0 bridgehead atoms. The van der Waals surface area contributed by atoms with Crippen molar-refractivity contribution in [1.82, 2.24) is 4.90 Å². The summed E-state index contributed by atoms with van der Waals surface area (Å²) in [6, 6.07) is 26.6. The Kier molecular flexibility index (Phi) is 6.83. The molecule has 0 aliphatic carbocycles. The Morgan fingerprint density at radius 2 is 1.17 bits per heavy atom. The molecule has 30 heavy (non-hydrogen) atoms. The van der Waals surface area contributed by atoms with Crippen LogP contribution in [0.25, 0.3) is 0 Å². The van der Waals surface area contributed by atoms with E-state index in [9.17, 15) is 0 Å². The first kappa shape index (κ1) is 20.6. The molecule has 1 fully saturated rings. The monoisotopic (exact) mass is 400 g/mol. The van der Waals surface area contributed by atoms with E-state index in [0.29, 0.717) is 0 Å². The van der Waals surface area contributed by atoms with Crippen molar-refractivity contribution >= 4 is 17.1 Å². The number of hydrogen-bond donors (Lipinski definition) is 0. The summed E-state index contributed by atoms with van der Waals surface area (Å²) >= 11 is 0. The van der Waals surface area contributed by atoms with E-state index in [-0.39, 0.29) is 0 Å². The standard InChI is InChI=1S/C27H32N2O/c1-22-5-11-25(12-6-22)29(26-13-7-23(2)8-14-26)27-15-9-24(10-16-27)4-3-17-28-18-20-30-21-19-28/h5-16H,3-4,17-21H2,1-2H3. The summed E-state index contributed by atoms with van der Waals surface area (Å²) in [4.78, 5) is 4.84. The van der Waals surface area contributed by atoms with Gasteiger partial charge in [-0.15, -0.1) is 0 Å². The van der Waals surface area contributed by atoms with Crippen molar-refractivity contribution in [3.63, 3.8) is 0 Å². The Bertz CT molecular complexity index is 865. The van der Waals surface area contributed by atoms with E-state index >= 15 is 0 Å². The predicted octanol–water partition coefficient (Wildman–Crippen LogP) is 6.04. The van der Waals surface area contributed by atoms with E-state index in [1.807, 2.05) is 0 Å². The van der Waals surface area contributed by atoms with E-state index < -0.39 is 0 Å². The third-order valence-electron chi connectivity index (χ3n) is 5.82. The Morgan fingerprint density at radius 3 is 1.67 bits per heavy atom.